The fourth-order valence-corrected chi connectivity index (χ4v) is 2.80. The number of carbonyl (C=O) groups excluding carboxylic acids is 1. The van der Waals surface area contributed by atoms with Gasteiger partial charge in [-0.05, 0) is 18.2 Å². The van der Waals surface area contributed by atoms with Crippen LogP contribution in [0, 0.1) is 0 Å². The van der Waals surface area contributed by atoms with Gasteiger partial charge < -0.3 is 24.8 Å². The number of pyridine rings is 1. The van der Waals surface area contributed by atoms with E-state index in [9.17, 15) is 24.6 Å². The normalized spacial score (nSPS) is 10.6. The summed E-state index contributed by atoms with van der Waals surface area (Å²) in [6.45, 7) is 1.36. The summed E-state index contributed by atoms with van der Waals surface area (Å²) in [5.74, 6) is -1.32. The number of anilines is 1. The van der Waals surface area contributed by atoms with E-state index in [4.69, 9.17) is 4.74 Å². The van der Waals surface area contributed by atoms with Gasteiger partial charge in [0.15, 0.2) is 0 Å². The maximum Gasteiger partial charge on any atom is 0.341 e. The lowest BCUT2D eigenvalue weighted by atomic mass is 10.1. The van der Waals surface area contributed by atoms with Gasteiger partial charge in [0.1, 0.15) is 17.1 Å². The average Bonchev–Trinajstić information content (AvgIpc) is 2.60. The number of hydrogen-bond donors (Lipinski definition) is 3. The number of aromatic carboxylic acids is 1. The standard InChI is InChI=1S/C19H16N2O6/c1-10(22)20-11-5-12(7-14(6-11)27-2)21-9-16(19(25)26)18(24)15-4-3-13(23)8-17(15)21/h3-9,23H,1-2H3,(H,20,22)(H,25,26). The molecule has 1 aromatic heterocycles. The average molecular weight is 368 g/mol. The molecule has 0 bridgehead atoms. The summed E-state index contributed by atoms with van der Waals surface area (Å²) in [4.78, 5) is 35.3. The second-order valence-electron chi connectivity index (χ2n) is 5.85. The lowest BCUT2D eigenvalue weighted by Crippen LogP contribution is -2.18. The van der Waals surface area contributed by atoms with Crippen molar-refractivity contribution in [2.45, 2.75) is 6.92 Å². The molecule has 2 aromatic carbocycles. The Morgan fingerprint density at radius 2 is 1.89 bits per heavy atom. The Morgan fingerprint density at radius 3 is 2.52 bits per heavy atom. The number of nitrogens with one attached hydrogen (secondary N) is 1. The number of amides is 1. The number of aromatic nitrogens is 1. The van der Waals surface area contributed by atoms with E-state index in [0.29, 0.717) is 22.6 Å². The van der Waals surface area contributed by atoms with Gasteiger partial charge >= 0.3 is 5.97 Å². The summed E-state index contributed by atoms with van der Waals surface area (Å²) < 4.78 is 6.70. The van der Waals surface area contributed by atoms with Crippen LogP contribution in [0.4, 0.5) is 5.69 Å². The lowest BCUT2D eigenvalue weighted by molar-refractivity contribution is -0.114. The Bertz CT molecular complexity index is 1130. The Hall–Kier alpha value is -3.81. The van der Waals surface area contributed by atoms with E-state index in [-0.39, 0.29) is 17.0 Å². The van der Waals surface area contributed by atoms with Crippen molar-refractivity contribution < 1.29 is 24.5 Å². The molecule has 0 aliphatic carbocycles. The topological polar surface area (TPSA) is 118 Å². The number of fused-ring (bicyclic) bond motifs is 1. The molecule has 3 N–H and O–H groups in total. The minimum absolute atomic E-state index is 0.0799. The van der Waals surface area contributed by atoms with Crippen LogP contribution in [-0.2, 0) is 4.79 Å². The van der Waals surface area contributed by atoms with E-state index in [1.54, 1.807) is 18.2 Å². The van der Waals surface area contributed by atoms with Crippen LogP contribution in [0.25, 0.3) is 16.6 Å². The van der Waals surface area contributed by atoms with Gasteiger partial charge in [-0.3, -0.25) is 9.59 Å². The van der Waals surface area contributed by atoms with Gasteiger partial charge in [-0.15, -0.1) is 0 Å². The molecule has 1 amide bonds. The maximum atomic E-state index is 12.4. The van der Waals surface area contributed by atoms with Gasteiger partial charge in [0.2, 0.25) is 11.3 Å². The molecule has 8 heteroatoms. The van der Waals surface area contributed by atoms with Crippen molar-refractivity contribution in [1.82, 2.24) is 4.57 Å². The lowest BCUT2D eigenvalue weighted by Gasteiger charge is -2.15. The molecule has 27 heavy (non-hydrogen) atoms. The largest absolute Gasteiger partial charge is 0.508 e. The molecule has 0 saturated heterocycles. The smallest absolute Gasteiger partial charge is 0.341 e. The van der Waals surface area contributed by atoms with Crippen LogP contribution in [-0.4, -0.2) is 33.8 Å². The van der Waals surface area contributed by atoms with E-state index in [1.807, 2.05) is 0 Å². The minimum Gasteiger partial charge on any atom is -0.508 e. The third-order valence-corrected chi connectivity index (χ3v) is 3.94. The monoisotopic (exact) mass is 368 g/mol. The quantitative estimate of drug-likeness (QED) is 0.651. The molecule has 0 saturated carbocycles. The SMILES string of the molecule is COc1cc(NC(C)=O)cc(-n2cc(C(=O)O)c(=O)c3ccc(O)cc32)c1. The Balaban J connectivity index is 2.38. The molecular weight excluding hydrogens is 352 g/mol. The summed E-state index contributed by atoms with van der Waals surface area (Å²) in [7, 11) is 1.45. The molecule has 0 atom stereocenters. The van der Waals surface area contributed by atoms with Gasteiger partial charge in [0.05, 0.1) is 18.3 Å². The van der Waals surface area contributed by atoms with Crippen molar-refractivity contribution in [1.29, 1.82) is 0 Å². The predicted molar refractivity (Wildman–Crippen MR) is 99.0 cm³/mol. The second-order valence-corrected chi connectivity index (χ2v) is 5.85. The van der Waals surface area contributed by atoms with E-state index in [0.717, 1.165) is 0 Å². The molecule has 0 spiro atoms. The first kappa shape index (κ1) is 18.0. The number of carboxylic acids is 1. The number of carboxylic acid groups (broad SMARTS) is 1. The highest BCUT2D eigenvalue weighted by atomic mass is 16.5. The molecule has 0 fully saturated rings. The summed E-state index contributed by atoms with van der Waals surface area (Å²) in [5.41, 5.74) is 0.111. The van der Waals surface area contributed by atoms with Gasteiger partial charge in [-0.1, -0.05) is 0 Å². The molecule has 3 rings (SSSR count). The van der Waals surface area contributed by atoms with Gasteiger partial charge in [0.25, 0.3) is 0 Å². The van der Waals surface area contributed by atoms with Gasteiger partial charge in [-0.2, -0.15) is 0 Å². The Morgan fingerprint density at radius 1 is 1.15 bits per heavy atom. The van der Waals surface area contributed by atoms with Crippen LogP contribution >= 0.6 is 0 Å². The highest BCUT2D eigenvalue weighted by Gasteiger charge is 2.16. The number of aromatic hydroxyl groups is 1. The summed E-state index contributed by atoms with van der Waals surface area (Å²) in [5, 5.41) is 22.0. The molecule has 3 aromatic rings. The first-order valence-electron chi connectivity index (χ1n) is 7.89. The van der Waals surface area contributed by atoms with E-state index >= 15 is 0 Å². The summed E-state index contributed by atoms with van der Waals surface area (Å²) in [6, 6.07) is 8.86. The van der Waals surface area contributed by atoms with Crippen molar-refractivity contribution >= 4 is 28.5 Å². The number of nitrogens with zero attached hydrogens (tertiary/aromatic N) is 1. The molecule has 1 heterocycles. The predicted octanol–water partition coefficient (Wildman–Crippen LogP) is 2.36. The minimum atomic E-state index is -1.37. The third kappa shape index (κ3) is 3.45. The number of phenolic OH excluding ortho intramolecular Hbond substituents is 1. The molecule has 0 aliphatic heterocycles. The zero-order valence-electron chi connectivity index (χ0n) is 14.5. The number of carbonyl (C=O) groups is 2. The highest BCUT2D eigenvalue weighted by Crippen LogP contribution is 2.27. The number of phenols is 1. The van der Waals surface area contributed by atoms with Crippen molar-refractivity contribution in [3.63, 3.8) is 0 Å². The first-order chi connectivity index (χ1) is 12.8. The van der Waals surface area contributed by atoms with Crippen LogP contribution in [0.5, 0.6) is 11.5 Å². The van der Waals surface area contributed by atoms with E-state index < -0.39 is 17.0 Å². The number of methoxy groups -OCH3 is 1. The maximum absolute atomic E-state index is 12.4. The fourth-order valence-electron chi connectivity index (χ4n) is 2.80. The molecule has 0 unspecified atom stereocenters. The molecule has 0 radical (unpaired) electrons. The molecule has 8 nitrogen and oxygen atoms in total. The van der Waals surface area contributed by atoms with Crippen molar-refractivity contribution in [2.24, 2.45) is 0 Å². The Labute approximate surface area is 153 Å². The van der Waals surface area contributed by atoms with Crippen molar-refractivity contribution in [3.8, 4) is 17.2 Å². The molecule has 0 aliphatic rings. The Kier molecular flexibility index (Phi) is 4.55. The second kappa shape index (κ2) is 6.83. The van der Waals surface area contributed by atoms with E-state index in [2.05, 4.69) is 5.32 Å². The molecule has 138 valence electrons. The summed E-state index contributed by atoms with van der Waals surface area (Å²) in [6.07, 6.45) is 1.18. The van der Waals surface area contributed by atoms with Crippen LogP contribution < -0.4 is 15.5 Å². The van der Waals surface area contributed by atoms with Crippen molar-refractivity contribution in [3.05, 3.63) is 58.4 Å². The van der Waals surface area contributed by atoms with Crippen LogP contribution in [0.1, 0.15) is 17.3 Å². The van der Waals surface area contributed by atoms with Crippen LogP contribution in [0.2, 0.25) is 0 Å². The van der Waals surface area contributed by atoms with Crippen LogP contribution in [0.15, 0.2) is 47.4 Å². The fraction of sp³-hybridized carbons (Fsp3) is 0.105. The molecular formula is C19H16N2O6. The first-order valence-corrected chi connectivity index (χ1v) is 7.89. The summed E-state index contributed by atoms with van der Waals surface area (Å²) >= 11 is 0. The number of hydrogen-bond acceptors (Lipinski definition) is 5. The van der Waals surface area contributed by atoms with E-state index in [1.165, 1.54) is 43.0 Å². The van der Waals surface area contributed by atoms with Gasteiger partial charge in [-0.25, -0.2) is 4.79 Å². The van der Waals surface area contributed by atoms with Crippen LogP contribution in [0.3, 0.4) is 0 Å². The number of benzene rings is 2. The number of ether oxygens (including phenoxy) is 1. The van der Waals surface area contributed by atoms with Crippen molar-refractivity contribution in [2.75, 3.05) is 12.4 Å². The highest BCUT2D eigenvalue weighted by molar-refractivity contribution is 5.94. The number of rotatable bonds is 4. The third-order valence-electron chi connectivity index (χ3n) is 3.94. The zero-order chi connectivity index (χ0) is 19.7. The zero-order valence-corrected chi connectivity index (χ0v) is 14.5. The van der Waals surface area contributed by atoms with Gasteiger partial charge in [0, 0.05) is 42.4 Å².